The molecule has 1 aromatic carbocycles. The molecule has 0 unspecified atom stereocenters. The summed E-state index contributed by atoms with van der Waals surface area (Å²) in [4.78, 5) is 13.7. The van der Waals surface area contributed by atoms with Crippen LogP contribution in [-0.2, 0) is 14.8 Å². The molecule has 2 heterocycles. The van der Waals surface area contributed by atoms with Gasteiger partial charge in [0.2, 0.25) is 15.9 Å². The number of sulfonamides is 1. The lowest BCUT2D eigenvalue weighted by Crippen LogP contribution is -2.44. The number of hydrogen-bond donors (Lipinski definition) is 1. The fourth-order valence-corrected chi connectivity index (χ4v) is 4.89. The molecule has 2 saturated heterocycles. The van der Waals surface area contributed by atoms with Gasteiger partial charge in [-0.2, -0.15) is 4.31 Å². The number of nitrogens with two attached hydrogens (primary N) is 1. The van der Waals surface area contributed by atoms with E-state index in [9.17, 15) is 13.2 Å². The third kappa shape index (κ3) is 4.38. The Morgan fingerprint density at radius 3 is 2.24 bits per heavy atom. The average Bonchev–Trinajstić information content (AvgIpc) is 2.63. The number of benzene rings is 1. The summed E-state index contributed by atoms with van der Waals surface area (Å²) in [7, 11) is -3.51. The van der Waals surface area contributed by atoms with Crippen molar-refractivity contribution in [3.05, 3.63) is 29.8 Å². The lowest BCUT2D eigenvalue weighted by Gasteiger charge is -2.35. The summed E-state index contributed by atoms with van der Waals surface area (Å²) in [5.41, 5.74) is 5.51. The van der Waals surface area contributed by atoms with Gasteiger partial charge in [0.05, 0.1) is 18.1 Å². The van der Waals surface area contributed by atoms with E-state index in [0.717, 1.165) is 45.7 Å². The van der Waals surface area contributed by atoms with Gasteiger partial charge in [0, 0.05) is 38.3 Å². The molecule has 0 bridgehead atoms. The molecule has 2 fully saturated rings. The molecule has 2 aliphatic rings. The van der Waals surface area contributed by atoms with E-state index in [0.29, 0.717) is 24.6 Å². The van der Waals surface area contributed by atoms with Crippen LogP contribution in [-0.4, -0.2) is 69.5 Å². The third-order valence-electron chi connectivity index (χ3n) is 4.97. The van der Waals surface area contributed by atoms with Crippen molar-refractivity contribution >= 4 is 15.9 Å². The smallest absolute Gasteiger partial charge is 0.248 e. The summed E-state index contributed by atoms with van der Waals surface area (Å²) in [5.74, 6) is -0.0327. The average molecular weight is 367 g/mol. The molecule has 0 atom stereocenters. The van der Waals surface area contributed by atoms with Crippen LogP contribution in [0.3, 0.4) is 0 Å². The molecule has 0 radical (unpaired) electrons. The number of piperidine rings is 1. The number of hydrogen-bond acceptors (Lipinski definition) is 5. The minimum Gasteiger partial charge on any atom is -0.379 e. The Morgan fingerprint density at radius 2 is 1.68 bits per heavy atom. The van der Waals surface area contributed by atoms with Gasteiger partial charge in [-0.05, 0) is 43.0 Å². The lowest BCUT2D eigenvalue weighted by atomic mass is 9.97. The van der Waals surface area contributed by atoms with E-state index >= 15 is 0 Å². The standard InChI is InChI=1S/C17H25N3O4S/c18-17(21)15-1-3-16(4-2-15)25(22,23)20-7-5-14(6-8-20)13-19-9-11-24-12-10-19/h1-4,14H,5-13H2,(H2,18,21). The number of morpholine rings is 1. The van der Waals surface area contributed by atoms with Gasteiger partial charge in [-0.25, -0.2) is 8.42 Å². The minimum atomic E-state index is -3.51. The SMILES string of the molecule is NC(=O)c1ccc(S(=O)(=O)N2CCC(CN3CCOCC3)CC2)cc1. The molecular weight excluding hydrogens is 342 g/mol. The summed E-state index contributed by atoms with van der Waals surface area (Å²) in [6.07, 6.45) is 1.74. The largest absolute Gasteiger partial charge is 0.379 e. The van der Waals surface area contributed by atoms with Crippen LogP contribution in [0.4, 0.5) is 0 Å². The highest BCUT2D eigenvalue weighted by Crippen LogP contribution is 2.25. The van der Waals surface area contributed by atoms with Crippen LogP contribution in [0.1, 0.15) is 23.2 Å². The summed E-state index contributed by atoms with van der Waals surface area (Å²) in [6.45, 7) is 5.59. The second-order valence-corrected chi connectivity index (χ2v) is 8.59. The van der Waals surface area contributed by atoms with Crippen molar-refractivity contribution in [2.45, 2.75) is 17.7 Å². The van der Waals surface area contributed by atoms with Crippen LogP contribution in [0.25, 0.3) is 0 Å². The van der Waals surface area contributed by atoms with Crippen molar-refractivity contribution in [2.24, 2.45) is 11.7 Å². The Labute approximate surface area is 148 Å². The Balaban J connectivity index is 1.58. The molecule has 25 heavy (non-hydrogen) atoms. The zero-order valence-electron chi connectivity index (χ0n) is 14.3. The second kappa shape index (κ2) is 7.82. The van der Waals surface area contributed by atoms with Gasteiger partial charge in [-0.1, -0.05) is 0 Å². The van der Waals surface area contributed by atoms with E-state index < -0.39 is 15.9 Å². The highest BCUT2D eigenvalue weighted by Gasteiger charge is 2.30. The van der Waals surface area contributed by atoms with E-state index in [1.54, 1.807) is 4.31 Å². The molecule has 0 spiro atoms. The molecule has 1 aromatic rings. The normalized spacial score (nSPS) is 21.3. The maximum atomic E-state index is 12.7. The Bertz CT molecular complexity index is 691. The van der Waals surface area contributed by atoms with Gasteiger partial charge in [0.1, 0.15) is 0 Å². The Kier molecular flexibility index (Phi) is 5.73. The lowest BCUT2D eigenvalue weighted by molar-refractivity contribution is 0.0269. The topological polar surface area (TPSA) is 92.9 Å². The molecule has 8 heteroatoms. The number of primary amides is 1. The van der Waals surface area contributed by atoms with Gasteiger partial charge in [-0.3, -0.25) is 9.69 Å². The molecule has 7 nitrogen and oxygen atoms in total. The zero-order chi connectivity index (χ0) is 17.9. The number of carbonyl (C=O) groups is 1. The zero-order valence-corrected chi connectivity index (χ0v) is 15.1. The molecule has 0 aliphatic carbocycles. The van der Waals surface area contributed by atoms with E-state index in [-0.39, 0.29) is 4.90 Å². The fourth-order valence-electron chi connectivity index (χ4n) is 3.42. The fraction of sp³-hybridized carbons (Fsp3) is 0.588. The van der Waals surface area contributed by atoms with Crippen molar-refractivity contribution in [3.63, 3.8) is 0 Å². The summed E-state index contributed by atoms with van der Waals surface area (Å²) < 4.78 is 32.4. The third-order valence-corrected chi connectivity index (χ3v) is 6.88. The molecular formula is C17H25N3O4S. The molecule has 0 aromatic heterocycles. The van der Waals surface area contributed by atoms with Crippen LogP contribution in [0.2, 0.25) is 0 Å². The predicted molar refractivity (Wildman–Crippen MR) is 93.7 cm³/mol. The highest BCUT2D eigenvalue weighted by molar-refractivity contribution is 7.89. The van der Waals surface area contributed by atoms with Gasteiger partial charge in [0.25, 0.3) is 0 Å². The first-order valence-electron chi connectivity index (χ1n) is 8.67. The number of rotatable bonds is 5. The van der Waals surface area contributed by atoms with Gasteiger partial charge in [-0.15, -0.1) is 0 Å². The predicted octanol–water partition coefficient (Wildman–Crippen LogP) is 0.518. The molecule has 3 rings (SSSR count). The van der Waals surface area contributed by atoms with E-state index in [1.165, 1.54) is 24.3 Å². The van der Waals surface area contributed by atoms with Crippen molar-refractivity contribution in [1.29, 1.82) is 0 Å². The Morgan fingerprint density at radius 1 is 1.08 bits per heavy atom. The number of amides is 1. The molecule has 138 valence electrons. The van der Waals surface area contributed by atoms with Crippen LogP contribution >= 0.6 is 0 Å². The van der Waals surface area contributed by atoms with Crippen LogP contribution in [0, 0.1) is 5.92 Å². The first-order chi connectivity index (χ1) is 12.0. The van der Waals surface area contributed by atoms with E-state index in [1.807, 2.05) is 0 Å². The van der Waals surface area contributed by atoms with E-state index in [4.69, 9.17) is 10.5 Å². The molecule has 0 saturated carbocycles. The summed E-state index contributed by atoms with van der Waals surface area (Å²) >= 11 is 0. The van der Waals surface area contributed by atoms with Crippen molar-refractivity contribution in [1.82, 2.24) is 9.21 Å². The highest BCUT2D eigenvalue weighted by atomic mass is 32.2. The van der Waals surface area contributed by atoms with Crippen LogP contribution < -0.4 is 5.73 Å². The van der Waals surface area contributed by atoms with Crippen molar-refractivity contribution in [2.75, 3.05) is 45.9 Å². The van der Waals surface area contributed by atoms with Gasteiger partial charge in [0.15, 0.2) is 0 Å². The first-order valence-corrected chi connectivity index (χ1v) is 10.1. The van der Waals surface area contributed by atoms with Crippen molar-refractivity contribution < 1.29 is 17.9 Å². The maximum Gasteiger partial charge on any atom is 0.248 e. The molecule has 2 N–H and O–H groups in total. The molecule has 2 aliphatic heterocycles. The summed E-state index contributed by atoms with van der Waals surface area (Å²) in [5, 5.41) is 0. The number of ether oxygens (including phenoxy) is 1. The van der Waals surface area contributed by atoms with Crippen LogP contribution in [0.15, 0.2) is 29.2 Å². The van der Waals surface area contributed by atoms with Gasteiger partial charge < -0.3 is 10.5 Å². The quantitative estimate of drug-likeness (QED) is 0.819. The molecule has 1 amide bonds. The van der Waals surface area contributed by atoms with Crippen molar-refractivity contribution in [3.8, 4) is 0 Å². The minimum absolute atomic E-state index is 0.212. The summed E-state index contributed by atoms with van der Waals surface area (Å²) in [6, 6.07) is 5.82. The van der Waals surface area contributed by atoms with E-state index in [2.05, 4.69) is 4.90 Å². The van der Waals surface area contributed by atoms with Crippen LogP contribution in [0.5, 0.6) is 0 Å². The maximum absolute atomic E-state index is 12.7. The number of nitrogens with zero attached hydrogens (tertiary/aromatic N) is 2. The van der Waals surface area contributed by atoms with Gasteiger partial charge >= 0.3 is 0 Å². The first kappa shape index (κ1) is 18.3. The monoisotopic (exact) mass is 367 g/mol. The Hall–Kier alpha value is -1.48. The second-order valence-electron chi connectivity index (χ2n) is 6.65. The number of carbonyl (C=O) groups excluding carboxylic acids is 1.